The summed E-state index contributed by atoms with van der Waals surface area (Å²) in [6.07, 6.45) is 3.49. The molecule has 1 aliphatic heterocycles. The van der Waals surface area contributed by atoms with E-state index < -0.39 is 12.0 Å². The Morgan fingerprint density at radius 1 is 1.32 bits per heavy atom. The van der Waals surface area contributed by atoms with Crippen molar-refractivity contribution in [3.05, 3.63) is 0 Å². The number of carbonyl (C=O) groups excluding carboxylic acids is 1. The van der Waals surface area contributed by atoms with Crippen LogP contribution in [0.2, 0.25) is 0 Å². The van der Waals surface area contributed by atoms with Crippen LogP contribution in [0.25, 0.3) is 0 Å². The first-order valence-electron chi connectivity index (χ1n) is 7.01. The van der Waals surface area contributed by atoms with Gasteiger partial charge in [-0.3, -0.25) is 4.79 Å². The van der Waals surface area contributed by atoms with E-state index in [9.17, 15) is 14.7 Å². The van der Waals surface area contributed by atoms with Gasteiger partial charge in [0.2, 0.25) is 5.91 Å². The number of amides is 1. The van der Waals surface area contributed by atoms with Crippen LogP contribution in [-0.2, 0) is 9.59 Å². The van der Waals surface area contributed by atoms with Gasteiger partial charge < -0.3 is 15.7 Å². The minimum absolute atomic E-state index is 0.128. The summed E-state index contributed by atoms with van der Waals surface area (Å²) in [5, 5.41) is 9.25. The first-order chi connectivity index (χ1) is 8.73. The van der Waals surface area contributed by atoms with Crippen molar-refractivity contribution in [1.82, 2.24) is 4.90 Å². The molecule has 1 fully saturated rings. The van der Waals surface area contributed by atoms with Gasteiger partial charge in [0.15, 0.2) is 0 Å². The fourth-order valence-corrected chi connectivity index (χ4v) is 2.28. The van der Waals surface area contributed by atoms with Crippen LogP contribution in [0.5, 0.6) is 0 Å². The summed E-state index contributed by atoms with van der Waals surface area (Å²) in [7, 11) is 0. The minimum Gasteiger partial charge on any atom is -0.480 e. The number of hydrogen-bond donors (Lipinski definition) is 2. The van der Waals surface area contributed by atoms with Crippen molar-refractivity contribution in [2.24, 2.45) is 11.1 Å². The van der Waals surface area contributed by atoms with Crippen LogP contribution in [0, 0.1) is 5.41 Å². The van der Waals surface area contributed by atoms with Gasteiger partial charge in [-0.25, -0.2) is 4.79 Å². The molecule has 5 heteroatoms. The molecule has 0 bridgehead atoms. The summed E-state index contributed by atoms with van der Waals surface area (Å²) in [4.78, 5) is 25.1. The van der Waals surface area contributed by atoms with Crippen molar-refractivity contribution < 1.29 is 14.7 Å². The number of aliphatic carboxylic acids is 1. The summed E-state index contributed by atoms with van der Waals surface area (Å²) < 4.78 is 0. The van der Waals surface area contributed by atoms with Gasteiger partial charge in [-0.1, -0.05) is 33.6 Å². The van der Waals surface area contributed by atoms with E-state index in [0.29, 0.717) is 13.0 Å². The van der Waals surface area contributed by atoms with Gasteiger partial charge in [0.05, 0.1) is 0 Å². The zero-order chi connectivity index (χ0) is 14.6. The molecule has 1 saturated heterocycles. The molecule has 0 aliphatic carbocycles. The van der Waals surface area contributed by atoms with E-state index in [1.807, 2.05) is 20.8 Å². The largest absolute Gasteiger partial charge is 0.480 e. The van der Waals surface area contributed by atoms with Crippen LogP contribution in [0.15, 0.2) is 0 Å². The quantitative estimate of drug-likeness (QED) is 0.816. The SMILES string of the molecule is CC(C)(C)C(N)CC(=O)N1CCCCCC1C(=O)O. The van der Waals surface area contributed by atoms with E-state index in [2.05, 4.69) is 0 Å². The molecule has 0 aromatic heterocycles. The van der Waals surface area contributed by atoms with Crippen LogP contribution in [0.1, 0.15) is 52.9 Å². The lowest BCUT2D eigenvalue weighted by Gasteiger charge is -2.31. The first kappa shape index (κ1) is 16.0. The molecular formula is C14H26N2O3. The van der Waals surface area contributed by atoms with E-state index >= 15 is 0 Å². The Kier molecular flexibility index (Phi) is 5.35. The molecular weight excluding hydrogens is 244 g/mol. The van der Waals surface area contributed by atoms with E-state index in [-0.39, 0.29) is 23.8 Å². The maximum absolute atomic E-state index is 12.3. The van der Waals surface area contributed by atoms with Gasteiger partial charge in [0.1, 0.15) is 6.04 Å². The Labute approximate surface area is 115 Å². The molecule has 19 heavy (non-hydrogen) atoms. The molecule has 0 radical (unpaired) electrons. The predicted octanol–water partition coefficient (Wildman–Crippen LogP) is 1.61. The highest BCUT2D eigenvalue weighted by Gasteiger charge is 2.33. The van der Waals surface area contributed by atoms with E-state index in [1.165, 1.54) is 4.90 Å². The van der Waals surface area contributed by atoms with Gasteiger partial charge in [-0.2, -0.15) is 0 Å². The second-order valence-corrected chi connectivity index (χ2v) is 6.47. The summed E-state index contributed by atoms with van der Waals surface area (Å²) in [6.45, 7) is 6.50. The van der Waals surface area contributed by atoms with Crippen LogP contribution in [0.3, 0.4) is 0 Å². The molecule has 0 saturated carbocycles. The van der Waals surface area contributed by atoms with Gasteiger partial charge in [-0.05, 0) is 18.3 Å². The number of nitrogens with two attached hydrogens (primary N) is 1. The van der Waals surface area contributed by atoms with E-state index in [0.717, 1.165) is 19.3 Å². The monoisotopic (exact) mass is 270 g/mol. The maximum Gasteiger partial charge on any atom is 0.326 e. The van der Waals surface area contributed by atoms with Crippen LogP contribution in [-0.4, -0.2) is 40.5 Å². The Bertz CT molecular complexity index is 336. The summed E-state index contributed by atoms with van der Waals surface area (Å²) in [5.74, 6) is -1.03. The molecule has 0 aromatic carbocycles. The highest BCUT2D eigenvalue weighted by molar-refractivity contribution is 5.84. The van der Waals surface area contributed by atoms with Crippen molar-refractivity contribution in [1.29, 1.82) is 0 Å². The van der Waals surface area contributed by atoms with Crippen molar-refractivity contribution in [3.63, 3.8) is 0 Å². The van der Waals surface area contributed by atoms with E-state index in [1.54, 1.807) is 0 Å². The Morgan fingerprint density at radius 2 is 1.95 bits per heavy atom. The van der Waals surface area contributed by atoms with Gasteiger partial charge in [-0.15, -0.1) is 0 Å². The van der Waals surface area contributed by atoms with Gasteiger partial charge in [0.25, 0.3) is 0 Å². The third-order valence-corrected chi connectivity index (χ3v) is 3.87. The second kappa shape index (κ2) is 6.37. The predicted molar refractivity (Wildman–Crippen MR) is 73.7 cm³/mol. The highest BCUT2D eigenvalue weighted by atomic mass is 16.4. The molecule has 110 valence electrons. The third-order valence-electron chi connectivity index (χ3n) is 3.87. The van der Waals surface area contributed by atoms with Crippen LogP contribution >= 0.6 is 0 Å². The molecule has 0 spiro atoms. The second-order valence-electron chi connectivity index (χ2n) is 6.47. The molecule has 1 rings (SSSR count). The molecule has 1 aliphatic rings. The number of rotatable bonds is 3. The summed E-state index contributed by atoms with van der Waals surface area (Å²) in [6, 6.07) is -0.931. The number of nitrogens with zero attached hydrogens (tertiary/aromatic N) is 1. The first-order valence-corrected chi connectivity index (χ1v) is 7.01. The van der Waals surface area contributed by atoms with Crippen LogP contribution in [0.4, 0.5) is 0 Å². The van der Waals surface area contributed by atoms with Crippen molar-refractivity contribution in [2.45, 2.75) is 65.0 Å². The average Bonchev–Trinajstić information content (AvgIpc) is 2.52. The number of likely N-dealkylation sites (tertiary alicyclic amines) is 1. The molecule has 1 heterocycles. The number of carboxylic acids is 1. The summed E-state index contributed by atoms with van der Waals surface area (Å²) >= 11 is 0. The number of hydrogen-bond acceptors (Lipinski definition) is 3. The molecule has 1 amide bonds. The highest BCUT2D eigenvalue weighted by Crippen LogP contribution is 2.23. The lowest BCUT2D eigenvalue weighted by Crippen LogP contribution is -2.48. The van der Waals surface area contributed by atoms with Gasteiger partial charge >= 0.3 is 5.97 Å². The fraction of sp³-hybridized carbons (Fsp3) is 0.857. The average molecular weight is 270 g/mol. The van der Waals surface area contributed by atoms with E-state index in [4.69, 9.17) is 5.73 Å². The van der Waals surface area contributed by atoms with Crippen molar-refractivity contribution in [2.75, 3.05) is 6.54 Å². The maximum atomic E-state index is 12.3. The van der Waals surface area contributed by atoms with Crippen molar-refractivity contribution in [3.8, 4) is 0 Å². The zero-order valence-corrected chi connectivity index (χ0v) is 12.2. The zero-order valence-electron chi connectivity index (χ0n) is 12.2. The smallest absolute Gasteiger partial charge is 0.326 e. The standard InChI is InChI=1S/C14H26N2O3/c1-14(2,3)11(15)9-12(17)16-8-6-4-5-7-10(16)13(18)19/h10-11H,4-9,15H2,1-3H3,(H,18,19). The van der Waals surface area contributed by atoms with Crippen molar-refractivity contribution >= 4 is 11.9 Å². The number of carbonyl (C=O) groups is 2. The minimum atomic E-state index is -0.903. The molecule has 0 aromatic rings. The lowest BCUT2D eigenvalue weighted by molar-refractivity contribution is -0.150. The number of carboxylic acid groups (broad SMARTS) is 1. The fourth-order valence-electron chi connectivity index (χ4n) is 2.28. The Morgan fingerprint density at radius 3 is 2.47 bits per heavy atom. The molecule has 5 nitrogen and oxygen atoms in total. The Hall–Kier alpha value is -1.10. The molecule has 2 atom stereocenters. The normalized spacial score (nSPS) is 22.7. The topological polar surface area (TPSA) is 83.6 Å². The Balaban J connectivity index is 2.74. The lowest BCUT2D eigenvalue weighted by atomic mass is 9.85. The molecule has 2 unspecified atom stereocenters. The third kappa shape index (κ3) is 4.49. The summed E-state index contributed by atoms with van der Waals surface area (Å²) in [5.41, 5.74) is 5.87. The molecule has 3 N–H and O–H groups in total. The van der Waals surface area contributed by atoms with Gasteiger partial charge in [0, 0.05) is 19.0 Å². The van der Waals surface area contributed by atoms with Crippen LogP contribution < -0.4 is 5.73 Å².